The molecule has 1 fully saturated rings. The minimum atomic E-state index is -0.724. The molecular formula is C17H31NO5. The number of amides is 1. The maximum absolute atomic E-state index is 12.1. The van der Waals surface area contributed by atoms with Gasteiger partial charge in [0.05, 0.1) is 19.0 Å². The Labute approximate surface area is 139 Å². The van der Waals surface area contributed by atoms with Crippen molar-refractivity contribution < 1.29 is 24.1 Å². The van der Waals surface area contributed by atoms with Crippen molar-refractivity contribution in [1.29, 1.82) is 0 Å². The first-order valence-electron chi connectivity index (χ1n) is 8.20. The molecule has 0 aromatic carbocycles. The number of aliphatic hydroxyl groups is 1. The minimum absolute atomic E-state index is 0.0604. The molecule has 0 unspecified atom stereocenters. The van der Waals surface area contributed by atoms with Crippen LogP contribution in [-0.4, -0.2) is 52.8 Å². The molecule has 1 aliphatic heterocycles. The number of nitrogens with zero attached hydrogens (tertiary/aromatic N) is 1. The van der Waals surface area contributed by atoms with Crippen LogP contribution in [0.4, 0.5) is 4.79 Å². The van der Waals surface area contributed by atoms with E-state index in [1.807, 2.05) is 48.5 Å². The molecule has 0 spiro atoms. The zero-order valence-corrected chi connectivity index (χ0v) is 15.3. The summed E-state index contributed by atoms with van der Waals surface area (Å²) in [6, 6.07) is 0.121. The van der Waals surface area contributed by atoms with Crippen LogP contribution < -0.4 is 0 Å². The summed E-state index contributed by atoms with van der Waals surface area (Å²) in [5.74, 6) is -0.895. The van der Waals surface area contributed by atoms with Crippen molar-refractivity contribution >= 4 is 6.09 Å². The third kappa shape index (κ3) is 5.79. The van der Waals surface area contributed by atoms with E-state index in [9.17, 15) is 9.90 Å². The van der Waals surface area contributed by atoms with Gasteiger partial charge in [0, 0.05) is 18.0 Å². The van der Waals surface area contributed by atoms with E-state index in [0.29, 0.717) is 6.61 Å². The van der Waals surface area contributed by atoms with Crippen LogP contribution in [0.5, 0.6) is 0 Å². The van der Waals surface area contributed by atoms with Crippen molar-refractivity contribution in [3.63, 3.8) is 0 Å². The van der Waals surface area contributed by atoms with E-state index < -0.39 is 18.0 Å². The Morgan fingerprint density at radius 1 is 1.26 bits per heavy atom. The van der Waals surface area contributed by atoms with Crippen molar-refractivity contribution in [2.45, 2.75) is 78.5 Å². The van der Waals surface area contributed by atoms with Crippen molar-refractivity contribution in [2.24, 2.45) is 5.92 Å². The van der Waals surface area contributed by atoms with Gasteiger partial charge in [0.25, 0.3) is 0 Å². The lowest BCUT2D eigenvalue weighted by atomic mass is 10.0. The van der Waals surface area contributed by atoms with E-state index in [4.69, 9.17) is 14.2 Å². The number of carbonyl (C=O) groups is 1. The third-order valence-corrected chi connectivity index (χ3v) is 3.82. The Kier molecular flexibility index (Phi) is 7.04. The highest BCUT2D eigenvalue weighted by Crippen LogP contribution is 2.26. The van der Waals surface area contributed by atoms with Gasteiger partial charge in [-0.05, 0) is 47.6 Å². The van der Waals surface area contributed by atoms with Gasteiger partial charge in [-0.3, -0.25) is 0 Å². The summed E-state index contributed by atoms with van der Waals surface area (Å²) in [5, 5.41) is 10.3. The number of carbonyl (C=O) groups excluding carboxylic acids is 1. The number of hydrogen-bond donors (Lipinski definition) is 1. The maximum Gasteiger partial charge on any atom is 0.415 e. The topological polar surface area (TPSA) is 68.2 Å². The first-order valence-corrected chi connectivity index (χ1v) is 8.20. The van der Waals surface area contributed by atoms with Gasteiger partial charge in [-0.25, -0.2) is 4.79 Å². The van der Waals surface area contributed by atoms with Gasteiger partial charge in [-0.2, -0.15) is 0 Å². The molecule has 134 valence electrons. The van der Waals surface area contributed by atoms with Crippen LogP contribution in [0.1, 0.15) is 48.5 Å². The van der Waals surface area contributed by atoms with E-state index in [1.54, 1.807) is 11.0 Å². The monoisotopic (exact) mass is 329 g/mol. The van der Waals surface area contributed by atoms with Crippen LogP contribution in [0.2, 0.25) is 0 Å². The van der Waals surface area contributed by atoms with Gasteiger partial charge in [0.15, 0.2) is 5.79 Å². The van der Waals surface area contributed by atoms with Crippen LogP contribution in [-0.2, 0) is 14.2 Å². The minimum Gasteiger partial charge on any atom is -0.418 e. The molecule has 1 amide bonds. The molecule has 0 aromatic heterocycles. The summed E-state index contributed by atoms with van der Waals surface area (Å²) in [4.78, 5) is 13.7. The molecule has 1 saturated heterocycles. The highest BCUT2D eigenvalue weighted by Gasteiger charge is 2.38. The predicted octanol–water partition coefficient (Wildman–Crippen LogP) is 2.90. The van der Waals surface area contributed by atoms with E-state index >= 15 is 0 Å². The third-order valence-electron chi connectivity index (χ3n) is 3.82. The smallest absolute Gasteiger partial charge is 0.415 e. The summed E-state index contributed by atoms with van der Waals surface area (Å²) >= 11 is 0. The predicted molar refractivity (Wildman–Crippen MR) is 87.8 cm³/mol. The Morgan fingerprint density at radius 3 is 2.26 bits per heavy atom. The van der Waals surface area contributed by atoms with Crippen LogP contribution in [0.25, 0.3) is 0 Å². The quantitative estimate of drug-likeness (QED) is 0.759. The number of rotatable bonds is 6. The summed E-state index contributed by atoms with van der Waals surface area (Å²) in [7, 11) is 0. The number of aliphatic hydroxyl groups excluding tert-OH is 1. The fraction of sp³-hybridized carbons (Fsp3) is 0.824. The van der Waals surface area contributed by atoms with Gasteiger partial charge in [-0.15, -0.1) is 0 Å². The fourth-order valence-corrected chi connectivity index (χ4v) is 2.64. The van der Waals surface area contributed by atoms with Crippen molar-refractivity contribution in [1.82, 2.24) is 4.90 Å². The molecule has 1 heterocycles. The molecular weight excluding hydrogens is 298 g/mol. The zero-order valence-electron chi connectivity index (χ0n) is 15.3. The standard InChI is InChI=1S/C17H31NO5/c1-11(2)18(12(3)4)16(20)21-9-8-13(5)15(19)14-10-22-17(6,7)23-14/h8-9,11-15,19H,10H2,1-7H3/b9-8-/t13-,14+,15-/m0/s1. The number of hydrogen-bond acceptors (Lipinski definition) is 5. The molecule has 0 aliphatic carbocycles. The first-order chi connectivity index (χ1) is 10.5. The van der Waals surface area contributed by atoms with E-state index in [-0.39, 0.29) is 24.1 Å². The maximum atomic E-state index is 12.1. The van der Waals surface area contributed by atoms with Crippen LogP contribution >= 0.6 is 0 Å². The second-order valence-corrected chi connectivity index (χ2v) is 7.02. The van der Waals surface area contributed by atoms with Crippen LogP contribution in [0.15, 0.2) is 12.3 Å². The summed E-state index contributed by atoms with van der Waals surface area (Å²) in [6.07, 6.45) is 1.50. The van der Waals surface area contributed by atoms with E-state index in [1.165, 1.54) is 6.26 Å². The van der Waals surface area contributed by atoms with Crippen molar-refractivity contribution in [2.75, 3.05) is 6.61 Å². The molecule has 1 rings (SSSR count). The van der Waals surface area contributed by atoms with E-state index in [2.05, 4.69) is 0 Å². The average Bonchev–Trinajstić information content (AvgIpc) is 2.77. The second kappa shape index (κ2) is 8.13. The normalized spacial score (nSPS) is 23.5. The fourth-order valence-electron chi connectivity index (χ4n) is 2.64. The molecule has 6 heteroatoms. The zero-order chi connectivity index (χ0) is 17.8. The average molecular weight is 329 g/mol. The van der Waals surface area contributed by atoms with E-state index in [0.717, 1.165) is 0 Å². The van der Waals surface area contributed by atoms with Gasteiger partial charge in [0.1, 0.15) is 6.10 Å². The Morgan fingerprint density at radius 2 is 1.83 bits per heavy atom. The lowest BCUT2D eigenvalue weighted by Crippen LogP contribution is -2.41. The molecule has 0 bridgehead atoms. The van der Waals surface area contributed by atoms with Crippen LogP contribution in [0.3, 0.4) is 0 Å². The lowest BCUT2D eigenvalue weighted by molar-refractivity contribution is -0.153. The highest BCUT2D eigenvalue weighted by atomic mass is 16.7. The Hall–Kier alpha value is -1.11. The molecule has 0 aromatic rings. The molecule has 0 radical (unpaired) electrons. The summed E-state index contributed by atoms with van der Waals surface area (Å²) in [5.41, 5.74) is 0. The molecule has 6 nitrogen and oxygen atoms in total. The number of ether oxygens (including phenoxy) is 3. The molecule has 1 aliphatic rings. The van der Waals surface area contributed by atoms with Crippen molar-refractivity contribution in [3.8, 4) is 0 Å². The molecule has 3 atom stereocenters. The summed E-state index contributed by atoms with van der Waals surface area (Å²) in [6.45, 7) is 13.6. The first kappa shape index (κ1) is 19.9. The highest BCUT2D eigenvalue weighted by molar-refractivity contribution is 5.68. The molecule has 23 heavy (non-hydrogen) atoms. The summed E-state index contributed by atoms with van der Waals surface area (Å²) < 4.78 is 16.3. The van der Waals surface area contributed by atoms with Crippen LogP contribution in [0, 0.1) is 5.92 Å². The largest absolute Gasteiger partial charge is 0.418 e. The molecule has 0 saturated carbocycles. The van der Waals surface area contributed by atoms with Gasteiger partial charge in [-0.1, -0.05) is 6.92 Å². The Balaban J connectivity index is 2.52. The second-order valence-electron chi connectivity index (χ2n) is 7.02. The van der Waals surface area contributed by atoms with Crippen molar-refractivity contribution in [3.05, 3.63) is 12.3 Å². The Bertz CT molecular complexity index is 411. The van der Waals surface area contributed by atoms with Gasteiger partial charge < -0.3 is 24.2 Å². The van der Waals surface area contributed by atoms with Gasteiger partial charge >= 0.3 is 6.09 Å². The van der Waals surface area contributed by atoms with Gasteiger partial charge in [0.2, 0.25) is 0 Å². The lowest BCUT2D eigenvalue weighted by Gasteiger charge is -2.29. The molecule has 1 N–H and O–H groups in total. The SMILES string of the molecule is CC(C)N(C(=O)O/C=C\[C@H](C)[C@H](O)[C@H]1COC(C)(C)O1)C(C)C.